The van der Waals surface area contributed by atoms with E-state index in [-0.39, 0.29) is 6.61 Å². The first-order valence-electron chi connectivity index (χ1n) is 9.41. The fourth-order valence-electron chi connectivity index (χ4n) is 2.80. The molecule has 1 heterocycles. The minimum Gasteiger partial charge on any atom is -0.490 e. The SMILES string of the molecule is CCOc1cc(/C=C2\SC(=O)NC2=O)cc(Cl)c1OCCOc1cc(C)ccc1C. The Morgan fingerprint density at radius 3 is 2.50 bits per heavy atom. The maximum atomic E-state index is 11.8. The average molecular weight is 448 g/mol. The largest absolute Gasteiger partial charge is 0.490 e. The lowest BCUT2D eigenvalue weighted by atomic mass is 10.1. The molecule has 0 radical (unpaired) electrons. The molecule has 2 aromatic carbocycles. The van der Waals surface area contributed by atoms with Gasteiger partial charge in [-0.15, -0.1) is 0 Å². The highest BCUT2D eigenvalue weighted by atomic mass is 35.5. The van der Waals surface area contributed by atoms with E-state index in [1.165, 1.54) is 0 Å². The van der Waals surface area contributed by atoms with E-state index >= 15 is 0 Å². The number of carbonyl (C=O) groups excluding carboxylic acids is 2. The van der Waals surface area contributed by atoms with E-state index in [2.05, 4.69) is 5.32 Å². The number of rotatable bonds is 8. The number of hydrogen-bond acceptors (Lipinski definition) is 6. The number of aryl methyl sites for hydroxylation is 2. The third kappa shape index (κ3) is 5.49. The van der Waals surface area contributed by atoms with Gasteiger partial charge in [0, 0.05) is 0 Å². The van der Waals surface area contributed by atoms with E-state index in [1.54, 1.807) is 18.2 Å². The van der Waals surface area contributed by atoms with Crippen molar-refractivity contribution in [3.8, 4) is 17.2 Å². The van der Waals surface area contributed by atoms with Gasteiger partial charge >= 0.3 is 0 Å². The Hall–Kier alpha value is -2.64. The van der Waals surface area contributed by atoms with E-state index in [0.717, 1.165) is 28.6 Å². The summed E-state index contributed by atoms with van der Waals surface area (Å²) in [6.45, 7) is 6.89. The number of hydrogen-bond donors (Lipinski definition) is 1. The molecule has 158 valence electrons. The molecule has 2 amide bonds. The van der Waals surface area contributed by atoms with Gasteiger partial charge in [0.25, 0.3) is 11.1 Å². The zero-order valence-electron chi connectivity index (χ0n) is 16.9. The van der Waals surface area contributed by atoms with Crippen molar-refractivity contribution in [2.45, 2.75) is 20.8 Å². The van der Waals surface area contributed by atoms with Crippen LogP contribution in [0.25, 0.3) is 6.08 Å². The fourth-order valence-corrected chi connectivity index (χ4v) is 3.76. The number of nitrogens with one attached hydrogen (secondary N) is 1. The molecule has 6 nitrogen and oxygen atoms in total. The maximum absolute atomic E-state index is 11.8. The van der Waals surface area contributed by atoms with Gasteiger partial charge in [-0.1, -0.05) is 23.7 Å². The lowest BCUT2D eigenvalue weighted by molar-refractivity contribution is -0.115. The first kappa shape index (κ1) is 22.1. The zero-order valence-corrected chi connectivity index (χ0v) is 18.5. The normalized spacial score (nSPS) is 14.7. The highest BCUT2D eigenvalue weighted by Crippen LogP contribution is 2.38. The molecule has 0 unspecified atom stereocenters. The molecular weight excluding hydrogens is 426 g/mol. The Morgan fingerprint density at radius 1 is 1.03 bits per heavy atom. The Balaban J connectivity index is 1.71. The summed E-state index contributed by atoms with van der Waals surface area (Å²) in [4.78, 5) is 23.4. The Labute approximate surface area is 184 Å². The van der Waals surface area contributed by atoms with Crippen LogP contribution in [0.5, 0.6) is 17.2 Å². The molecule has 30 heavy (non-hydrogen) atoms. The fraction of sp³-hybridized carbons (Fsp3) is 0.273. The van der Waals surface area contributed by atoms with Gasteiger partial charge < -0.3 is 14.2 Å². The van der Waals surface area contributed by atoms with Gasteiger partial charge in [0.05, 0.1) is 16.5 Å². The van der Waals surface area contributed by atoms with Gasteiger partial charge in [-0.3, -0.25) is 14.9 Å². The first-order valence-corrected chi connectivity index (χ1v) is 10.6. The summed E-state index contributed by atoms with van der Waals surface area (Å²) in [5.74, 6) is 1.25. The summed E-state index contributed by atoms with van der Waals surface area (Å²) >= 11 is 7.26. The maximum Gasteiger partial charge on any atom is 0.290 e. The first-order chi connectivity index (χ1) is 14.4. The number of thioether (sulfide) groups is 1. The van der Waals surface area contributed by atoms with Crippen LogP contribution in [0.3, 0.4) is 0 Å². The molecule has 1 N–H and O–H groups in total. The second-order valence-corrected chi connectivity index (χ2v) is 8.00. The van der Waals surface area contributed by atoms with Crippen molar-refractivity contribution >= 4 is 40.6 Å². The van der Waals surface area contributed by atoms with Crippen molar-refractivity contribution in [1.29, 1.82) is 0 Å². The molecule has 0 atom stereocenters. The molecule has 0 bridgehead atoms. The highest BCUT2D eigenvalue weighted by molar-refractivity contribution is 8.18. The van der Waals surface area contributed by atoms with Gasteiger partial charge in [0.15, 0.2) is 11.5 Å². The molecule has 1 aliphatic rings. The zero-order chi connectivity index (χ0) is 21.7. The second kappa shape index (κ2) is 9.91. The molecule has 0 spiro atoms. The number of benzene rings is 2. The molecule has 2 aromatic rings. The minimum atomic E-state index is -0.428. The van der Waals surface area contributed by atoms with E-state index < -0.39 is 11.1 Å². The quantitative estimate of drug-likeness (QED) is 0.446. The topological polar surface area (TPSA) is 73.9 Å². The van der Waals surface area contributed by atoms with E-state index in [1.807, 2.05) is 39.0 Å². The number of ether oxygens (including phenoxy) is 3. The Bertz CT molecular complexity index is 1010. The summed E-state index contributed by atoms with van der Waals surface area (Å²) in [5.41, 5.74) is 2.81. The molecule has 0 aliphatic carbocycles. The molecule has 1 aliphatic heterocycles. The van der Waals surface area contributed by atoms with Crippen molar-refractivity contribution in [2.75, 3.05) is 19.8 Å². The van der Waals surface area contributed by atoms with Crippen LogP contribution in [0.1, 0.15) is 23.6 Å². The van der Waals surface area contributed by atoms with Crippen LogP contribution in [0.4, 0.5) is 4.79 Å². The van der Waals surface area contributed by atoms with Crippen LogP contribution < -0.4 is 19.5 Å². The summed E-state index contributed by atoms with van der Waals surface area (Å²) in [6, 6.07) is 9.42. The third-order valence-corrected chi connectivity index (χ3v) is 5.29. The van der Waals surface area contributed by atoms with Crippen molar-refractivity contribution in [3.05, 3.63) is 56.9 Å². The van der Waals surface area contributed by atoms with Crippen molar-refractivity contribution in [3.63, 3.8) is 0 Å². The molecule has 1 fully saturated rings. The molecule has 8 heteroatoms. The van der Waals surface area contributed by atoms with Gasteiger partial charge in [0.1, 0.15) is 19.0 Å². The number of amides is 2. The van der Waals surface area contributed by atoms with Gasteiger partial charge in [-0.2, -0.15) is 0 Å². The van der Waals surface area contributed by atoms with Crippen LogP contribution in [0.15, 0.2) is 35.2 Å². The molecule has 3 rings (SSSR count). The summed E-state index contributed by atoms with van der Waals surface area (Å²) < 4.78 is 17.3. The van der Waals surface area contributed by atoms with Crippen molar-refractivity contribution in [1.82, 2.24) is 5.32 Å². The molecule has 0 saturated carbocycles. The predicted molar refractivity (Wildman–Crippen MR) is 119 cm³/mol. The Kier molecular flexibility index (Phi) is 7.29. The lowest BCUT2D eigenvalue weighted by Gasteiger charge is -2.15. The minimum absolute atomic E-state index is 0.278. The third-order valence-electron chi connectivity index (χ3n) is 4.20. The van der Waals surface area contributed by atoms with Crippen molar-refractivity contribution < 1.29 is 23.8 Å². The van der Waals surface area contributed by atoms with Crippen LogP contribution in [0, 0.1) is 13.8 Å². The van der Waals surface area contributed by atoms with Gasteiger partial charge in [0.2, 0.25) is 0 Å². The molecular formula is C22H22ClNO5S. The predicted octanol–water partition coefficient (Wildman–Crippen LogP) is 5.14. The van der Waals surface area contributed by atoms with Crippen LogP contribution in [-0.2, 0) is 4.79 Å². The van der Waals surface area contributed by atoms with Crippen LogP contribution >= 0.6 is 23.4 Å². The number of carbonyl (C=O) groups is 2. The summed E-state index contributed by atoms with van der Waals surface area (Å²) in [7, 11) is 0. The van der Waals surface area contributed by atoms with Crippen molar-refractivity contribution in [2.24, 2.45) is 0 Å². The van der Waals surface area contributed by atoms with Crippen LogP contribution in [0.2, 0.25) is 5.02 Å². The smallest absolute Gasteiger partial charge is 0.290 e. The monoisotopic (exact) mass is 447 g/mol. The van der Waals surface area contributed by atoms with Crippen LogP contribution in [-0.4, -0.2) is 31.0 Å². The van der Waals surface area contributed by atoms with Gasteiger partial charge in [-0.25, -0.2) is 0 Å². The average Bonchev–Trinajstić information content (AvgIpc) is 3.00. The second-order valence-electron chi connectivity index (χ2n) is 6.58. The highest BCUT2D eigenvalue weighted by Gasteiger charge is 2.25. The number of halogens is 1. The summed E-state index contributed by atoms with van der Waals surface area (Å²) in [5, 5.41) is 2.17. The molecule has 0 aromatic heterocycles. The Morgan fingerprint density at radius 2 is 1.80 bits per heavy atom. The van der Waals surface area contributed by atoms with E-state index in [9.17, 15) is 9.59 Å². The molecule has 1 saturated heterocycles. The van der Waals surface area contributed by atoms with E-state index in [4.69, 9.17) is 25.8 Å². The number of imide groups is 1. The summed E-state index contributed by atoms with van der Waals surface area (Å²) in [6.07, 6.45) is 1.59. The lowest BCUT2D eigenvalue weighted by Crippen LogP contribution is -2.17. The standard InChI is InChI=1S/C22H22ClNO5S/c1-4-27-18-11-15(12-19-21(25)24-22(26)30-19)10-16(23)20(18)29-8-7-28-17-9-13(2)5-6-14(17)3/h5-6,9-12H,4,7-8H2,1-3H3,(H,24,25,26)/b19-12-. The van der Waals surface area contributed by atoms with Gasteiger partial charge in [-0.05, 0) is 73.5 Å². The van der Waals surface area contributed by atoms with E-state index in [0.29, 0.717) is 40.2 Å².